The number of benzene rings is 1. The number of thiazole rings is 1. The summed E-state index contributed by atoms with van der Waals surface area (Å²) in [5.41, 5.74) is 7.02. The molecule has 1 aromatic carbocycles. The van der Waals surface area contributed by atoms with Crippen LogP contribution in [0.15, 0.2) is 24.3 Å². The lowest BCUT2D eigenvalue weighted by Crippen LogP contribution is -2.45. The first-order chi connectivity index (χ1) is 10.1. The fraction of sp³-hybridized carbons (Fsp3) is 0.500. The van der Waals surface area contributed by atoms with E-state index in [1.54, 1.807) is 11.3 Å². The van der Waals surface area contributed by atoms with Gasteiger partial charge in [-0.25, -0.2) is 4.98 Å². The third-order valence-corrected chi connectivity index (χ3v) is 5.17. The minimum absolute atomic E-state index is 0.0404. The van der Waals surface area contributed by atoms with Gasteiger partial charge in [0, 0.05) is 12.0 Å². The Morgan fingerprint density at radius 2 is 2.05 bits per heavy atom. The summed E-state index contributed by atoms with van der Waals surface area (Å²) >= 11 is 1.63. The minimum atomic E-state index is -0.296. The lowest BCUT2D eigenvalue weighted by Gasteiger charge is -2.32. The molecule has 5 heteroatoms. The Labute approximate surface area is 128 Å². The van der Waals surface area contributed by atoms with Crippen molar-refractivity contribution in [3.8, 4) is 0 Å². The number of amides is 1. The van der Waals surface area contributed by atoms with Crippen molar-refractivity contribution in [3.05, 3.63) is 29.3 Å². The summed E-state index contributed by atoms with van der Waals surface area (Å²) in [5.74, 6) is 0.0404. The van der Waals surface area contributed by atoms with Crippen molar-refractivity contribution in [2.24, 2.45) is 5.73 Å². The predicted molar refractivity (Wildman–Crippen MR) is 86.1 cm³/mol. The van der Waals surface area contributed by atoms with Crippen LogP contribution in [0.4, 0.5) is 0 Å². The van der Waals surface area contributed by atoms with Gasteiger partial charge in [0.15, 0.2) is 0 Å². The number of carbonyl (C=O) groups is 1. The molecule has 0 unspecified atom stereocenters. The molecule has 1 fully saturated rings. The first kappa shape index (κ1) is 14.5. The van der Waals surface area contributed by atoms with Gasteiger partial charge < -0.3 is 11.1 Å². The molecule has 3 N–H and O–H groups in total. The van der Waals surface area contributed by atoms with Gasteiger partial charge in [0.05, 0.1) is 16.8 Å². The molecule has 0 radical (unpaired) electrons. The minimum Gasteiger partial charge on any atom is -0.350 e. The molecule has 112 valence electrons. The van der Waals surface area contributed by atoms with Crippen LogP contribution in [0.5, 0.6) is 0 Å². The van der Waals surface area contributed by atoms with Gasteiger partial charge >= 0.3 is 0 Å². The first-order valence-electron chi connectivity index (χ1n) is 7.55. The second kappa shape index (κ2) is 6.12. The monoisotopic (exact) mass is 303 g/mol. The zero-order chi connectivity index (χ0) is 14.7. The maximum atomic E-state index is 12.1. The van der Waals surface area contributed by atoms with E-state index >= 15 is 0 Å². The summed E-state index contributed by atoms with van der Waals surface area (Å²) < 4.78 is 1.16. The van der Waals surface area contributed by atoms with Crippen LogP contribution < -0.4 is 11.1 Å². The smallest absolute Gasteiger partial charge is 0.222 e. The maximum Gasteiger partial charge on any atom is 0.222 e. The normalized spacial score (nSPS) is 17.8. The molecule has 3 rings (SSSR count). The van der Waals surface area contributed by atoms with E-state index < -0.39 is 0 Å². The molecule has 1 amide bonds. The summed E-state index contributed by atoms with van der Waals surface area (Å²) in [6.45, 7) is 0.494. The molecule has 0 atom stereocenters. The highest BCUT2D eigenvalue weighted by atomic mass is 32.1. The van der Waals surface area contributed by atoms with Crippen molar-refractivity contribution in [2.75, 3.05) is 0 Å². The summed E-state index contributed by atoms with van der Waals surface area (Å²) in [6, 6.07) is 8.03. The molecule has 0 saturated heterocycles. The molecule has 1 heterocycles. The van der Waals surface area contributed by atoms with Crippen LogP contribution in [0.1, 0.15) is 43.5 Å². The van der Waals surface area contributed by atoms with Gasteiger partial charge in [-0.2, -0.15) is 0 Å². The van der Waals surface area contributed by atoms with Crippen LogP contribution in [-0.4, -0.2) is 16.4 Å². The molecule has 0 bridgehead atoms. The molecule has 1 aromatic heterocycles. The molecular formula is C16H21N3OS. The van der Waals surface area contributed by atoms with Crippen LogP contribution in [0.25, 0.3) is 10.2 Å². The second-order valence-electron chi connectivity index (χ2n) is 5.95. The second-order valence-corrected chi connectivity index (χ2v) is 7.07. The molecule has 1 aliphatic carbocycles. The number of nitrogens with zero attached hydrogens (tertiary/aromatic N) is 1. The number of nitrogens with one attached hydrogen (secondary N) is 1. The highest BCUT2D eigenvalue weighted by Crippen LogP contribution is 2.28. The van der Waals surface area contributed by atoms with E-state index in [9.17, 15) is 4.79 Å². The zero-order valence-corrected chi connectivity index (χ0v) is 12.9. The topological polar surface area (TPSA) is 68.0 Å². The number of hydrogen-bond donors (Lipinski definition) is 2. The highest BCUT2D eigenvalue weighted by Gasteiger charge is 2.29. The van der Waals surface area contributed by atoms with Gasteiger partial charge in [-0.05, 0) is 25.0 Å². The van der Waals surface area contributed by atoms with E-state index in [1.807, 2.05) is 18.2 Å². The van der Waals surface area contributed by atoms with E-state index in [0.717, 1.165) is 40.9 Å². The van der Waals surface area contributed by atoms with Gasteiger partial charge in [-0.15, -0.1) is 11.3 Å². The number of fused-ring (bicyclic) bond motifs is 1. The van der Waals surface area contributed by atoms with E-state index in [1.165, 1.54) is 6.42 Å². The Morgan fingerprint density at radius 3 is 2.81 bits per heavy atom. The summed E-state index contributed by atoms with van der Waals surface area (Å²) in [5, 5.41) is 3.91. The fourth-order valence-corrected chi connectivity index (χ4v) is 3.89. The lowest BCUT2D eigenvalue weighted by molar-refractivity contribution is -0.122. The Balaban J connectivity index is 1.55. The van der Waals surface area contributed by atoms with Crippen molar-refractivity contribution >= 4 is 27.5 Å². The molecule has 0 aliphatic heterocycles. The SMILES string of the molecule is NC1(CC(=O)NCc2nc3ccccc3s2)CCCCC1. The number of nitrogens with two attached hydrogens (primary N) is 1. The summed E-state index contributed by atoms with van der Waals surface area (Å²) in [7, 11) is 0. The summed E-state index contributed by atoms with van der Waals surface area (Å²) in [4.78, 5) is 16.6. The van der Waals surface area contributed by atoms with Crippen LogP contribution in [-0.2, 0) is 11.3 Å². The van der Waals surface area contributed by atoms with E-state index in [4.69, 9.17) is 5.73 Å². The zero-order valence-electron chi connectivity index (χ0n) is 12.1. The van der Waals surface area contributed by atoms with Crippen LogP contribution in [0.2, 0.25) is 0 Å². The molecular weight excluding hydrogens is 282 g/mol. The predicted octanol–water partition coefficient (Wildman–Crippen LogP) is 2.96. The average molecular weight is 303 g/mol. The van der Waals surface area contributed by atoms with Gasteiger partial charge in [-0.1, -0.05) is 31.4 Å². The van der Waals surface area contributed by atoms with E-state index in [0.29, 0.717) is 13.0 Å². The fourth-order valence-electron chi connectivity index (χ4n) is 2.98. The largest absolute Gasteiger partial charge is 0.350 e. The van der Waals surface area contributed by atoms with Crippen LogP contribution in [0, 0.1) is 0 Å². The van der Waals surface area contributed by atoms with Crippen LogP contribution in [0.3, 0.4) is 0 Å². The Morgan fingerprint density at radius 1 is 1.29 bits per heavy atom. The number of aromatic nitrogens is 1. The molecule has 4 nitrogen and oxygen atoms in total. The number of rotatable bonds is 4. The maximum absolute atomic E-state index is 12.1. The van der Waals surface area contributed by atoms with Gasteiger partial charge in [0.2, 0.25) is 5.91 Å². The standard InChI is InChI=1S/C16H21N3OS/c17-16(8-4-1-5-9-16)10-14(20)18-11-15-19-12-6-2-3-7-13(12)21-15/h2-3,6-7H,1,4-5,8-11,17H2,(H,18,20). The average Bonchev–Trinajstić information content (AvgIpc) is 2.88. The summed E-state index contributed by atoms with van der Waals surface area (Å²) in [6.07, 6.45) is 5.87. The third kappa shape index (κ3) is 3.60. The molecule has 0 spiro atoms. The van der Waals surface area contributed by atoms with E-state index in [2.05, 4.69) is 16.4 Å². The Bertz CT molecular complexity index is 598. The Hall–Kier alpha value is -1.46. The van der Waals surface area contributed by atoms with Crippen molar-refractivity contribution < 1.29 is 4.79 Å². The number of carbonyl (C=O) groups excluding carboxylic acids is 1. The molecule has 21 heavy (non-hydrogen) atoms. The number of hydrogen-bond acceptors (Lipinski definition) is 4. The van der Waals surface area contributed by atoms with Crippen LogP contribution >= 0.6 is 11.3 Å². The van der Waals surface area contributed by atoms with Crippen molar-refractivity contribution in [3.63, 3.8) is 0 Å². The molecule has 2 aromatic rings. The molecule has 1 saturated carbocycles. The first-order valence-corrected chi connectivity index (χ1v) is 8.36. The van der Waals surface area contributed by atoms with Crippen molar-refractivity contribution in [1.82, 2.24) is 10.3 Å². The molecule has 1 aliphatic rings. The highest BCUT2D eigenvalue weighted by molar-refractivity contribution is 7.18. The lowest BCUT2D eigenvalue weighted by atomic mass is 9.80. The van der Waals surface area contributed by atoms with E-state index in [-0.39, 0.29) is 11.4 Å². The number of para-hydroxylation sites is 1. The third-order valence-electron chi connectivity index (χ3n) is 4.14. The van der Waals surface area contributed by atoms with Gasteiger partial charge in [0.1, 0.15) is 5.01 Å². The van der Waals surface area contributed by atoms with Gasteiger partial charge in [-0.3, -0.25) is 4.79 Å². The van der Waals surface area contributed by atoms with Crippen molar-refractivity contribution in [1.29, 1.82) is 0 Å². The quantitative estimate of drug-likeness (QED) is 0.912. The van der Waals surface area contributed by atoms with Gasteiger partial charge in [0.25, 0.3) is 0 Å². The Kier molecular flexibility index (Phi) is 4.22. The van der Waals surface area contributed by atoms with Crippen molar-refractivity contribution in [2.45, 2.75) is 50.6 Å².